The number of nitrogens with two attached hydrogens (primary N) is 4. The molecule has 232 valence electrons. The molecule has 0 unspecified atom stereocenters. The lowest BCUT2D eigenvalue weighted by Crippen LogP contribution is -2.23. The van der Waals surface area contributed by atoms with E-state index in [9.17, 15) is 0 Å². The third kappa shape index (κ3) is 22.4. The minimum absolute atomic E-state index is 0.136. The lowest BCUT2D eigenvalue weighted by atomic mass is 10.1. The zero-order chi connectivity index (χ0) is 31.3. The summed E-state index contributed by atoms with van der Waals surface area (Å²) in [4.78, 5) is 7.87. The van der Waals surface area contributed by atoms with Crippen LogP contribution in [0.5, 0.6) is 11.5 Å². The van der Waals surface area contributed by atoms with Crippen LogP contribution >= 0.6 is 23.2 Å². The topological polar surface area (TPSA) is 222 Å². The number of hydrogen-bond acceptors (Lipinski definition) is 6. The van der Waals surface area contributed by atoms with Gasteiger partial charge in [0.05, 0.1) is 23.3 Å². The van der Waals surface area contributed by atoms with E-state index in [4.69, 9.17) is 73.1 Å². The fourth-order valence-electron chi connectivity index (χ4n) is 3.04. The molecule has 2 aromatic rings. The van der Waals surface area contributed by atoms with Crippen molar-refractivity contribution in [3.8, 4) is 11.5 Å². The van der Waals surface area contributed by atoms with Crippen molar-refractivity contribution in [3.63, 3.8) is 0 Å². The number of rotatable bonds is 14. The highest BCUT2D eigenvalue weighted by molar-refractivity contribution is 7.79. The highest BCUT2D eigenvalue weighted by Gasteiger charge is 2.04. The molecule has 0 saturated carbocycles. The molecule has 0 saturated heterocycles. The largest absolute Gasteiger partial charge is 0.492 e. The maximum atomic E-state index is 8.74. The van der Waals surface area contributed by atoms with Gasteiger partial charge in [0.1, 0.15) is 11.5 Å². The Hall–Kier alpha value is -2.97. The number of nitrogens with zero attached hydrogens (tertiary/aromatic N) is 2. The molecule has 0 fully saturated rings. The van der Waals surface area contributed by atoms with Crippen LogP contribution in [0.15, 0.2) is 46.4 Å². The minimum Gasteiger partial charge on any atom is -0.492 e. The molecule has 2 rings (SSSR count). The van der Waals surface area contributed by atoms with E-state index in [1.165, 1.54) is 0 Å². The van der Waals surface area contributed by atoms with Crippen molar-refractivity contribution >= 4 is 45.5 Å². The van der Waals surface area contributed by atoms with E-state index in [1.807, 2.05) is 36.4 Å². The Morgan fingerprint density at radius 3 is 1.37 bits per heavy atom. The Kier molecular flexibility index (Phi) is 20.2. The minimum atomic E-state index is -4.67. The Labute approximate surface area is 252 Å². The van der Waals surface area contributed by atoms with E-state index in [-0.39, 0.29) is 11.9 Å². The molecule has 0 amide bonds. The summed E-state index contributed by atoms with van der Waals surface area (Å²) in [5.41, 5.74) is 23.3. The number of benzene rings is 2. The van der Waals surface area contributed by atoms with Gasteiger partial charge in [-0.15, -0.1) is 0 Å². The van der Waals surface area contributed by atoms with Gasteiger partial charge in [0.25, 0.3) is 0 Å². The molecule has 0 bridgehead atoms. The maximum Gasteiger partial charge on any atom is 0.394 e. The van der Waals surface area contributed by atoms with E-state index in [2.05, 4.69) is 23.8 Å². The highest BCUT2D eigenvalue weighted by Crippen LogP contribution is 2.27. The second kappa shape index (κ2) is 21.7. The summed E-state index contributed by atoms with van der Waals surface area (Å²) in [6.07, 6.45) is 5.51. The second-order valence-electron chi connectivity index (χ2n) is 8.49. The zero-order valence-corrected chi connectivity index (χ0v) is 25.8. The van der Waals surface area contributed by atoms with Crippen LogP contribution in [-0.2, 0) is 23.2 Å². The fraction of sp³-hybridized carbons (Fsp3) is 0.462. The molecule has 12 nitrogen and oxygen atoms in total. The van der Waals surface area contributed by atoms with Gasteiger partial charge in [-0.3, -0.25) is 19.1 Å². The van der Waals surface area contributed by atoms with Gasteiger partial charge < -0.3 is 32.4 Å². The second-order valence-corrected chi connectivity index (χ2v) is 10.2. The molecule has 0 aliphatic heterocycles. The molecule has 0 spiro atoms. The summed E-state index contributed by atoms with van der Waals surface area (Å²) in [5.74, 6) is 1.76. The van der Waals surface area contributed by atoms with Crippen molar-refractivity contribution in [3.05, 3.63) is 57.6 Å². The van der Waals surface area contributed by atoms with Gasteiger partial charge in [-0.1, -0.05) is 49.2 Å². The SMILES string of the molecule is CCCOc1ccc(CCCN=C(N)N)cc1Cl.CCCOc1ccc(CCCN=C(N)N)cc1Cl.O=S(=O)(O)O. The lowest BCUT2D eigenvalue weighted by molar-refractivity contribution is 0.317. The molecule has 0 aliphatic carbocycles. The van der Waals surface area contributed by atoms with Gasteiger partial charge in [-0.25, -0.2) is 0 Å². The summed E-state index contributed by atoms with van der Waals surface area (Å²) in [6.45, 7) is 6.76. The Balaban J connectivity index is 0.000000671. The number of aryl methyl sites for hydroxylation is 2. The first kappa shape index (κ1) is 38.0. The number of hydrogen-bond donors (Lipinski definition) is 6. The quantitative estimate of drug-likeness (QED) is 0.0755. The van der Waals surface area contributed by atoms with Crippen LogP contribution in [0.2, 0.25) is 10.0 Å². The molecule has 0 atom stereocenters. The molecule has 0 aliphatic rings. The monoisotopic (exact) mass is 636 g/mol. The summed E-state index contributed by atoms with van der Waals surface area (Å²) in [5, 5.41) is 1.31. The van der Waals surface area contributed by atoms with Crippen molar-refractivity contribution in [2.75, 3.05) is 26.3 Å². The third-order valence-corrected chi connectivity index (χ3v) is 5.34. The first-order chi connectivity index (χ1) is 19.3. The Morgan fingerprint density at radius 1 is 0.756 bits per heavy atom. The standard InChI is InChI=1S/2C13H20ClN3O.H2O4S/c2*1-2-8-18-12-6-5-10(9-11(12)14)4-3-7-17-13(15)16;1-5(2,3)4/h2*5-6,9H,2-4,7-8H2,1H3,(H4,15,16,17);(H2,1,2,3,4). The van der Waals surface area contributed by atoms with Crippen LogP contribution in [0.1, 0.15) is 50.7 Å². The first-order valence-electron chi connectivity index (χ1n) is 12.9. The average molecular weight is 638 g/mol. The number of aliphatic imine (C=N–C) groups is 2. The molecular weight excluding hydrogens is 595 g/mol. The van der Waals surface area contributed by atoms with Crippen LogP contribution in [0, 0.1) is 0 Å². The van der Waals surface area contributed by atoms with Crippen LogP contribution in [0.3, 0.4) is 0 Å². The molecular formula is C26H42Cl2N6O6S. The van der Waals surface area contributed by atoms with Crippen molar-refractivity contribution in [2.24, 2.45) is 32.9 Å². The van der Waals surface area contributed by atoms with Crippen molar-refractivity contribution in [1.82, 2.24) is 0 Å². The molecule has 0 aromatic heterocycles. The van der Waals surface area contributed by atoms with Crippen LogP contribution in [0.4, 0.5) is 0 Å². The van der Waals surface area contributed by atoms with Crippen molar-refractivity contribution in [1.29, 1.82) is 0 Å². The van der Waals surface area contributed by atoms with E-state index < -0.39 is 10.4 Å². The number of guanidine groups is 2. The van der Waals surface area contributed by atoms with Gasteiger partial charge in [0.15, 0.2) is 11.9 Å². The molecule has 0 radical (unpaired) electrons. The molecule has 0 heterocycles. The normalized spacial score (nSPS) is 10.3. The zero-order valence-electron chi connectivity index (χ0n) is 23.4. The predicted molar refractivity (Wildman–Crippen MR) is 167 cm³/mol. The van der Waals surface area contributed by atoms with Gasteiger partial charge >= 0.3 is 10.4 Å². The molecule has 41 heavy (non-hydrogen) atoms. The molecule has 10 N–H and O–H groups in total. The van der Waals surface area contributed by atoms with E-state index in [0.29, 0.717) is 36.3 Å². The van der Waals surface area contributed by atoms with Gasteiger partial charge in [0, 0.05) is 13.1 Å². The summed E-state index contributed by atoms with van der Waals surface area (Å²) >= 11 is 12.3. The fourth-order valence-corrected chi connectivity index (χ4v) is 3.56. The van der Waals surface area contributed by atoms with E-state index in [0.717, 1.165) is 61.2 Å². The van der Waals surface area contributed by atoms with Crippen LogP contribution in [0.25, 0.3) is 0 Å². The van der Waals surface area contributed by atoms with Crippen molar-refractivity contribution < 1.29 is 27.0 Å². The molecule has 15 heteroatoms. The maximum absolute atomic E-state index is 8.74. The first-order valence-corrected chi connectivity index (χ1v) is 15.0. The number of halogens is 2. The van der Waals surface area contributed by atoms with Gasteiger partial charge in [-0.05, 0) is 73.9 Å². The summed E-state index contributed by atoms with van der Waals surface area (Å²) in [7, 11) is -4.67. The van der Waals surface area contributed by atoms with Gasteiger partial charge in [0.2, 0.25) is 0 Å². The number of ether oxygens (including phenoxy) is 2. The Bertz CT molecular complexity index is 1110. The third-order valence-electron chi connectivity index (χ3n) is 4.75. The summed E-state index contributed by atoms with van der Waals surface area (Å²) < 4.78 is 42.6. The Morgan fingerprint density at radius 2 is 1.10 bits per heavy atom. The van der Waals surface area contributed by atoms with E-state index >= 15 is 0 Å². The smallest absolute Gasteiger partial charge is 0.394 e. The highest BCUT2D eigenvalue weighted by atomic mass is 35.5. The van der Waals surface area contributed by atoms with Crippen LogP contribution in [-0.4, -0.2) is 55.7 Å². The van der Waals surface area contributed by atoms with Crippen LogP contribution < -0.4 is 32.4 Å². The van der Waals surface area contributed by atoms with Gasteiger partial charge in [-0.2, -0.15) is 8.42 Å². The summed E-state index contributed by atoms with van der Waals surface area (Å²) in [6, 6.07) is 11.7. The lowest BCUT2D eigenvalue weighted by Gasteiger charge is -2.08. The predicted octanol–water partition coefficient (Wildman–Crippen LogP) is 4.02. The average Bonchev–Trinajstić information content (AvgIpc) is 2.87. The van der Waals surface area contributed by atoms with E-state index in [1.54, 1.807) is 0 Å². The molecule has 2 aromatic carbocycles. The van der Waals surface area contributed by atoms with Crippen molar-refractivity contribution in [2.45, 2.75) is 52.4 Å².